The van der Waals surface area contributed by atoms with Crippen molar-refractivity contribution in [3.05, 3.63) is 45.5 Å². The van der Waals surface area contributed by atoms with Crippen molar-refractivity contribution in [2.75, 3.05) is 6.54 Å². The van der Waals surface area contributed by atoms with Gasteiger partial charge in [0.15, 0.2) is 0 Å². The van der Waals surface area contributed by atoms with Crippen LogP contribution in [0.4, 0.5) is 0 Å². The largest absolute Gasteiger partial charge is 0.388 e. The lowest BCUT2D eigenvalue weighted by Crippen LogP contribution is -2.07. The third-order valence-corrected chi connectivity index (χ3v) is 2.05. The van der Waals surface area contributed by atoms with E-state index in [1.807, 2.05) is 32.9 Å². The van der Waals surface area contributed by atoms with Crippen molar-refractivity contribution in [1.29, 1.82) is 0 Å². The molecule has 16 heavy (non-hydrogen) atoms. The molecule has 0 radical (unpaired) electrons. The summed E-state index contributed by atoms with van der Waals surface area (Å²) in [4.78, 5) is 9.66. The Balaban J connectivity index is 0.00000106. The normalized spacial score (nSPS) is 11.2. The fourth-order valence-electron chi connectivity index (χ4n) is 1.18. The zero-order valence-corrected chi connectivity index (χ0v) is 10.0. The molecule has 0 aliphatic rings. The topological polar surface area (TPSA) is 63.4 Å². The van der Waals surface area contributed by atoms with Gasteiger partial charge in [0.1, 0.15) is 0 Å². The number of rotatable bonds is 4. The van der Waals surface area contributed by atoms with Crippen LogP contribution in [0.2, 0.25) is 0 Å². The van der Waals surface area contributed by atoms with Crippen molar-refractivity contribution < 1.29 is 10.0 Å². The van der Waals surface area contributed by atoms with Gasteiger partial charge in [-0.25, -0.2) is 0 Å². The van der Waals surface area contributed by atoms with E-state index in [1.165, 1.54) is 0 Å². The van der Waals surface area contributed by atoms with Crippen LogP contribution in [0.25, 0.3) is 0 Å². The van der Waals surface area contributed by atoms with Crippen molar-refractivity contribution in [1.82, 2.24) is 0 Å². The minimum Gasteiger partial charge on any atom is -0.388 e. The first-order valence-corrected chi connectivity index (χ1v) is 5.46. The maximum absolute atomic E-state index is 10.1. The molecule has 1 atom stereocenters. The number of nitrogens with zero attached hydrogens (tertiary/aromatic N) is 1. The van der Waals surface area contributed by atoms with Crippen molar-refractivity contribution in [3.8, 4) is 0 Å². The number of aryl methyl sites for hydroxylation is 1. The molecule has 90 valence electrons. The standard InChI is InChI=1S/C10H13NO3.C2H6/c1-8-2-4-9(5-3-8)10(12)6-7-11(13)14;1-2/h2-5,10,12H,6-7H2,1H3;1-2H3. The van der Waals surface area contributed by atoms with Crippen molar-refractivity contribution >= 4 is 0 Å². The van der Waals surface area contributed by atoms with Crippen LogP contribution in [-0.4, -0.2) is 16.6 Å². The summed E-state index contributed by atoms with van der Waals surface area (Å²) in [7, 11) is 0. The molecule has 1 aromatic rings. The highest BCUT2D eigenvalue weighted by Crippen LogP contribution is 2.16. The third kappa shape index (κ3) is 5.46. The molecule has 4 heteroatoms. The van der Waals surface area contributed by atoms with Gasteiger partial charge in [0.25, 0.3) is 0 Å². The van der Waals surface area contributed by atoms with Gasteiger partial charge in [0.05, 0.1) is 6.10 Å². The van der Waals surface area contributed by atoms with Gasteiger partial charge in [-0.05, 0) is 12.5 Å². The van der Waals surface area contributed by atoms with E-state index in [4.69, 9.17) is 0 Å². The fourth-order valence-corrected chi connectivity index (χ4v) is 1.18. The second-order valence-electron chi connectivity index (χ2n) is 3.27. The summed E-state index contributed by atoms with van der Waals surface area (Å²) in [5.41, 5.74) is 1.84. The van der Waals surface area contributed by atoms with Gasteiger partial charge in [-0.2, -0.15) is 0 Å². The maximum Gasteiger partial charge on any atom is 0.206 e. The van der Waals surface area contributed by atoms with E-state index in [0.29, 0.717) is 0 Å². The smallest absolute Gasteiger partial charge is 0.206 e. The molecule has 0 spiro atoms. The highest BCUT2D eigenvalue weighted by molar-refractivity contribution is 5.22. The molecule has 0 aromatic heterocycles. The summed E-state index contributed by atoms with van der Waals surface area (Å²) in [6.45, 7) is 5.75. The van der Waals surface area contributed by atoms with Gasteiger partial charge in [-0.1, -0.05) is 43.7 Å². The van der Waals surface area contributed by atoms with Gasteiger partial charge in [-0.3, -0.25) is 10.1 Å². The van der Waals surface area contributed by atoms with Crippen LogP contribution in [0.3, 0.4) is 0 Å². The minimum absolute atomic E-state index is 0.163. The molecule has 1 N–H and O–H groups in total. The zero-order chi connectivity index (χ0) is 12.6. The molecule has 0 fully saturated rings. The molecule has 0 amide bonds. The van der Waals surface area contributed by atoms with E-state index in [2.05, 4.69) is 0 Å². The molecule has 1 unspecified atom stereocenters. The molecule has 4 nitrogen and oxygen atoms in total. The van der Waals surface area contributed by atoms with Crippen molar-refractivity contribution in [2.24, 2.45) is 0 Å². The molecular formula is C12H19NO3. The lowest BCUT2D eigenvalue weighted by molar-refractivity contribution is -0.482. The number of aliphatic hydroxyl groups is 1. The van der Waals surface area contributed by atoms with Crippen molar-refractivity contribution in [2.45, 2.75) is 33.3 Å². The molecule has 0 saturated carbocycles. The Bertz CT molecular complexity index is 309. The molecule has 0 aliphatic heterocycles. The second kappa shape index (κ2) is 7.82. The lowest BCUT2D eigenvalue weighted by atomic mass is 10.1. The first kappa shape index (κ1) is 14.6. The van der Waals surface area contributed by atoms with Crippen LogP contribution >= 0.6 is 0 Å². The summed E-state index contributed by atoms with van der Waals surface area (Å²) < 4.78 is 0. The Morgan fingerprint density at radius 1 is 1.31 bits per heavy atom. The van der Waals surface area contributed by atoms with Gasteiger partial charge >= 0.3 is 0 Å². The second-order valence-corrected chi connectivity index (χ2v) is 3.27. The summed E-state index contributed by atoms with van der Waals surface area (Å²) >= 11 is 0. The van der Waals surface area contributed by atoms with Gasteiger partial charge in [-0.15, -0.1) is 0 Å². The maximum atomic E-state index is 10.1. The fraction of sp³-hybridized carbons (Fsp3) is 0.500. The quantitative estimate of drug-likeness (QED) is 0.633. The average Bonchev–Trinajstić information content (AvgIpc) is 2.29. The summed E-state index contributed by atoms with van der Waals surface area (Å²) in [6, 6.07) is 7.34. The van der Waals surface area contributed by atoms with E-state index < -0.39 is 11.0 Å². The Morgan fingerprint density at radius 3 is 2.25 bits per heavy atom. The van der Waals surface area contributed by atoms with Crippen LogP contribution < -0.4 is 0 Å². The Hall–Kier alpha value is -1.42. The molecule has 0 bridgehead atoms. The molecular weight excluding hydrogens is 206 g/mol. The Kier molecular flexibility index (Phi) is 7.12. The Labute approximate surface area is 96.1 Å². The van der Waals surface area contributed by atoms with Gasteiger partial charge in [0, 0.05) is 11.3 Å². The SMILES string of the molecule is CC.Cc1ccc(C(O)CC[N+](=O)[O-])cc1. The molecule has 0 saturated heterocycles. The van der Waals surface area contributed by atoms with E-state index in [-0.39, 0.29) is 13.0 Å². The first-order chi connectivity index (χ1) is 7.59. The van der Waals surface area contributed by atoms with Crippen LogP contribution in [-0.2, 0) is 0 Å². The predicted octanol–water partition coefficient (Wildman–Crippen LogP) is 2.72. The Morgan fingerprint density at radius 2 is 1.81 bits per heavy atom. The van der Waals surface area contributed by atoms with Crippen LogP contribution in [0.1, 0.15) is 37.5 Å². The number of hydrogen-bond acceptors (Lipinski definition) is 3. The molecule has 1 rings (SSSR count). The summed E-state index contributed by atoms with van der Waals surface area (Å²) in [5.74, 6) is 0. The van der Waals surface area contributed by atoms with Gasteiger partial charge in [0.2, 0.25) is 6.54 Å². The van der Waals surface area contributed by atoms with Crippen LogP contribution in [0.5, 0.6) is 0 Å². The summed E-state index contributed by atoms with van der Waals surface area (Å²) in [6.07, 6.45) is -0.572. The number of aliphatic hydroxyl groups excluding tert-OH is 1. The van der Waals surface area contributed by atoms with Crippen LogP contribution in [0, 0.1) is 17.0 Å². The minimum atomic E-state index is -0.735. The highest BCUT2D eigenvalue weighted by atomic mass is 16.6. The predicted molar refractivity (Wildman–Crippen MR) is 64.0 cm³/mol. The van der Waals surface area contributed by atoms with E-state index in [9.17, 15) is 15.2 Å². The van der Waals surface area contributed by atoms with E-state index in [0.717, 1.165) is 11.1 Å². The molecule has 0 aliphatic carbocycles. The molecule has 1 aromatic carbocycles. The number of benzene rings is 1. The average molecular weight is 225 g/mol. The van der Waals surface area contributed by atoms with Crippen LogP contribution in [0.15, 0.2) is 24.3 Å². The first-order valence-electron chi connectivity index (χ1n) is 5.46. The van der Waals surface area contributed by atoms with Crippen molar-refractivity contribution in [3.63, 3.8) is 0 Å². The zero-order valence-electron chi connectivity index (χ0n) is 10.0. The molecule has 0 heterocycles. The monoisotopic (exact) mass is 225 g/mol. The summed E-state index contributed by atoms with van der Waals surface area (Å²) in [5, 5.41) is 19.6. The van der Waals surface area contributed by atoms with E-state index in [1.54, 1.807) is 12.1 Å². The van der Waals surface area contributed by atoms with Gasteiger partial charge < -0.3 is 5.11 Å². The van der Waals surface area contributed by atoms with E-state index >= 15 is 0 Å². The highest BCUT2D eigenvalue weighted by Gasteiger charge is 2.10. The number of nitro groups is 1. The third-order valence-electron chi connectivity index (χ3n) is 2.05. The lowest BCUT2D eigenvalue weighted by Gasteiger charge is -2.08. The number of hydrogen-bond donors (Lipinski definition) is 1.